The summed E-state index contributed by atoms with van der Waals surface area (Å²) in [6.07, 6.45) is 3.34. The van der Waals surface area contributed by atoms with E-state index < -0.39 is 0 Å². The van der Waals surface area contributed by atoms with E-state index in [0.29, 0.717) is 6.42 Å². The van der Waals surface area contributed by atoms with E-state index in [4.69, 9.17) is 4.74 Å². The highest BCUT2D eigenvalue weighted by Gasteiger charge is 2.35. The van der Waals surface area contributed by atoms with Crippen molar-refractivity contribution in [2.45, 2.75) is 31.2 Å². The molecule has 0 fully saturated rings. The first-order valence-electron chi connectivity index (χ1n) is 6.02. The Morgan fingerprint density at radius 2 is 2.12 bits per heavy atom. The Hall–Kier alpha value is -1.35. The molecule has 3 nitrogen and oxygen atoms in total. The third-order valence-electron chi connectivity index (χ3n) is 3.76. The third kappa shape index (κ3) is 2.50. The summed E-state index contributed by atoms with van der Waals surface area (Å²) in [6, 6.07) is 8.46. The molecule has 0 heterocycles. The highest BCUT2D eigenvalue weighted by Crippen LogP contribution is 2.31. The smallest absolute Gasteiger partial charge is 0.307 e. The minimum atomic E-state index is -0.140. The van der Waals surface area contributed by atoms with Crippen LogP contribution in [0.15, 0.2) is 24.3 Å². The number of fused-ring (bicyclic) bond motifs is 1. The van der Waals surface area contributed by atoms with Crippen molar-refractivity contribution < 1.29 is 9.53 Å². The van der Waals surface area contributed by atoms with E-state index >= 15 is 0 Å². The Labute approximate surface area is 102 Å². The number of carbonyl (C=O) groups excluding carboxylic acids is 1. The van der Waals surface area contributed by atoms with Gasteiger partial charge in [-0.05, 0) is 37.4 Å². The standard InChI is InChI=1S/C14H19NO2/c1-15-14(10-13(16)17-2)8-7-11-5-3-4-6-12(11)9-14/h3-6,15H,7-10H2,1-2H3. The number of hydrogen-bond acceptors (Lipinski definition) is 3. The molecule has 2 rings (SSSR count). The van der Waals surface area contributed by atoms with Gasteiger partial charge in [0.25, 0.3) is 0 Å². The van der Waals surface area contributed by atoms with Crippen molar-refractivity contribution in [3.8, 4) is 0 Å². The van der Waals surface area contributed by atoms with E-state index in [0.717, 1.165) is 19.3 Å². The van der Waals surface area contributed by atoms with Gasteiger partial charge >= 0.3 is 5.97 Å². The van der Waals surface area contributed by atoms with Crippen LogP contribution in [0.25, 0.3) is 0 Å². The molecule has 0 radical (unpaired) electrons. The van der Waals surface area contributed by atoms with E-state index in [1.165, 1.54) is 18.2 Å². The Morgan fingerprint density at radius 3 is 2.76 bits per heavy atom. The average molecular weight is 233 g/mol. The number of likely N-dealkylation sites (N-methyl/N-ethyl adjacent to an activating group) is 1. The van der Waals surface area contributed by atoms with Crippen molar-refractivity contribution >= 4 is 5.97 Å². The fourth-order valence-electron chi connectivity index (χ4n) is 2.60. The molecule has 1 aromatic carbocycles. The number of hydrogen-bond donors (Lipinski definition) is 1. The lowest BCUT2D eigenvalue weighted by Gasteiger charge is -2.37. The maximum atomic E-state index is 11.5. The van der Waals surface area contributed by atoms with Gasteiger partial charge in [0.2, 0.25) is 0 Å². The van der Waals surface area contributed by atoms with Crippen molar-refractivity contribution in [1.82, 2.24) is 5.32 Å². The molecular formula is C14H19NO2. The molecule has 0 aromatic heterocycles. The topological polar surface area (TPSA) is 38.3 Å². The molecule has 1 N–H and O–H groups in total. The number of esters is 1. The molecule has 1 aromatic rings. The maximum absolute atomic E-state index is 11.5. The Balaban J connectivity index is 2.20. The fourth-order valence-corrected chi connectivity index (χ4v) is 2.60. The van der Waals surface area contributed by atoms with Gasteiger partial charge in [0.05, 0.1) is 13.5 Å². The first kappa shape index (κ1) is 12.1. The van der Waals surface area contributed by atoms with Gasteiger partial charge in [0.1, 0.15) is 0 Å². The first-order chi connectivity index (χ1) is 8.19. The zero-order valence-electron chi connectivity index (χ0n) is 10.5. The van der Waals surface area contributed by atoms with Crippen LogP contribution in [0.4, 0.5) is 0 Å². The van der Waals surface area contributed by atoms with E-state index in [1.807, 2.05) is 7.05 Å². The van der Waals surface area contributed by atoms with Crippen molar-refractivity contribution in [2.24, 2.45) is 0 Å². The summed E-state index contributed by atoms with van der Waals surface area (Å²) in [7, 11) is 3.37. The molecular weight excluding hydrogens is 214 g/mol. The lowest BCUT2D eigenvalue weighted by molar-refractivity contribution is -0.142. The minimum Gasteiger partial charge on any atom is -0.469 e. The van der Waals surface area contributed by atoms with Crippen LogP contribution >= 0.6 is 0 Å². The molecule has 3 heteroatoms. The molecule has 1 atom stereocenters. The van der Waals surface area contributed by atoms with Gasteiger partial charge < -0.3 is 10.1 Å². The summed E-state index contributed by atoms with van der Waals surface area (Å²) >= 11 is 0. The lowest BCUT2D eigenvalue weighted by Crippen LogP contribution is -2.49. The second kappa shape index (κ2) is 4.88. The number of benzene rings is 1. The van der Waals surface area contributed by atoms with E-state index in [-0.39, 0.29) is 11.5 Å². The Kier molecular flexibility index (Phi) is 3.48. The van der Waals surface area contributed by atoms with Crippen LogP contribution in [-0.4, -0.2) is 25.7 Å². The largest absolute Gasteiger partial charge is 0.469 e. The molecule has 0 aliphatic heterocycles. The molecule has 92 valence electrons. The third-order valence-corrected chi connectivity index (χ3v) is 3.76. The first-order valence-corrected chi connectivity index (χ1v) is 6.02. The molecule has 1 aliphatic rings. The van der Waals surface area contributed by atoms with Crippen LogP contribution < -0.4 is 5.32 Å². The van der Waals surface area contributed by atoms with Gasteiger partial charge in [-0.2, -0.15) is 0 Å². The molecule has 0 spiro atoms. The maximum Gasteiger partial charge on any atom is 0.307 e. The van der Waals surface area contributed by atoms with Crippen molar-refractivity contribution in [2.75, 3.05) is 14.2 Å². The van der Waals surface area contributed by atoms with Crippen molar-refractivity contribution in [3.63, 3.8) is 0 Å². The van der Waals surface area contributed by atoms with Gasteiger partial charge in [0, 0.05) is 5.54 Å². The normalized spacial score (nSPS) is 22.9. The summed E-state index contributed by atoms with van der Waals surface area (Å²) < 4.78 is 4.79. The summed E-state index contributed by atoms with van der Waals surface area (Å²) in [5.74, 6) is -0.140. The molecule has 0 bridgehead atoms. The van der Waals surface area contributed by atoms with Crippen LogP contribution in [0.2, 0.25) is 0 Å². The van der Waals surface area contributed by atoms with Gasteiger partial charge in [-0.3, -0.25) is 4.79 Å². The van der Waals surface area contributed by atoms with Crippen LogP contribution in [0.3, 0.4) is 0 Å². The summed E-state index contributed by atoms with van der Waals surface area (Å²) in [5.41, 5.74) is 2.61. The van der Waals surface area contributed by atoms with Crippen molar-refractivity contribution in [3.05, 3.63) is 35.4 Å². The van der Waals surface area contributed by atoms with Gasteiger partial charge in [0.15, 0.2) is 0 Å². The Bertz CT molecular complexity index is 416. The fraction of sp³-hybridized carbons (Fsp3) is 0.500. The Morgan fingerprint density at radius 1 is 1.41 bits per heavy atom. The van der Waals surface area contributed by atoms with E-state index in [1.54, 1.807) is 0 Å². The van der Waals surface area contributed by atoms with Crippen LogP contribution in [0.1, 0.15) is 24.0 Å². The van der Waals surface area contributed by atoms with E-state index in [9.17, 15) is 4.79 Å². The molecule has 1 aliphatic carbocycles. The zero-order valence-corrected chi connectivity index (χ0v) is 10.5. The predicted octanol–water partition coefficient (Wildman–Crippen LogP) is 1.70. The van der Waals surface area contributed by atoms with Gasteiger partial charge in [-0.25, -0.2) is 0 Å². The molecule has 17 heavy (non-hydrogen) atoms. The number of nitrogens with one attached hydrogen (secondary N) is 1. The number of rotatable bonds is 3. The second-order valence-corrected chi connectivity index (χ2v) is 4.73. The van der Waals surface area contributed by atoms with Crippen LogP contribution in [-0.2, 0) is 22.4 Å². The molecule has 0 saturated carbocycles. The summed E-state index contributed by atoms with van der Waals surface area (Å²) in [6.45, 7) is 0. The number of ether oxygens (including phenoxy) is 1. The number of aryl methyl sites for hydroxylation is 1. The van der Waals surface area contributed by atoms with Gasteiger partial charge in [-0.15, -0.1) is 0 Å². The van der Waals surface area contributed by atoms with Crippen LogP contribution in [0.5, 0.6) is 0 Å². The molecule has 0 amide bonds. The quantitative estimate of drug-likeness (QED) is 0.807. The predicted molar refractivity (Wildman–Crippen MR) is 66.9 cm³/mol. The minimum absolute atomic E-state index is 0.137. The lowest BCUT2D eigenvalue weighted by atomic mass is 9.76. The highest BCUT2D eigenvalue weighted by atomic mass is 16.5. The average Bonchev–Trinajstić information content (AvgIpc) is 2.38. The second-order valence-electron chi connectivity index (χ2n) is 4.73. The monoisotopic (exact) mass is 233 g/mol. The molecule has 0 saturated heterocycles. The number of methoxy groups -OCH3 is 1. The SMILES string of the molecule is CNC1(CC(=O)OC)CCc2ccccc2C1. The summed E-state index contributed by atoms with van der Waals surface area (Å²) in [5, 5.41) is 3.32. The molecule has 1 unspecified atom stereocenters. The van der Waals surface area contributed by atoms with Gasteiger partial charge in [-0.1, -0.05) is 24.3 Å². The van der Waals surface area contributed by atoms with Crippen molar-refractivity contribution in [1.29, 1.82) is 0 Å². The van der Waals surface area contributed by atoms with E-state index in [2.05, 4.69) is 29.6 Å². The zero-order chi connectivity index (χ0) is 12.3. The summed E-state index contributed by atoms with van der Waals surface area (Å²) in [4.78, 5) is 11.5. The number of carbonyl (C=O) groups is 1. The highest BCUT2D eigenvalue weighted by molar-refractivity contribution is 5.71. The van der Waals surface area contributed by atoms with Crippen LogP contribution in [0, 0.1) is 0 Å².